The van der Waals surface area contributed by atoms with E-state index < -0.39 is 11.9 Å². The maximum absolute atomic E-state index is 13.7. The molecule has 1 heterocycles. The van der Waals surface area contributed by atoms with Gasteiger partial charge in [-0.15, -0.1) is 0 Å². The van der Waals surface area contributed by atoms with Gasteiger partial charge in [-0.05, 0) is 24.3 Å². The van der Waals surface area contributed by atoms with Crippen molar-refractivity contribution >= 4 is 5.69 Å². The Morgan fingerprint density at radius 3 is 2.82 bits per heavy atom. The minimum Gasteiger partial charge on any atom is -0.494 e. The smallest absolute Gasteiger partial charge is 0.167 e. The molecule has 2 aromatic rings. The molecule has 6 heteroatoms. The van der Waals surface area contributed by atoms with Crippen LogP contribution in [0.3, 0.4) is 0 Å². The summed E-state index contributed by atoms with van der Waals surface area (Å²) in [6.45, 7) is 0.804. The van der Waals surface area contributed by atoms with Crippen LogP contribution in [0.5, 0.6) is 5.75 Å². The number of aliphatic hydroxyl groups is 1. The number of hydrogen-bond acceptors (Lipinski definition) is 5. The van der Waals surface area contributed by atoms with Gasteiger partial charge in [0, 0.05) is 25.3 Å². The molecule has 0 radical (unpaired) electrons. The highest BCUT2D eigenvalue weighted by atomic mass is 19.1. The summed E-state index contributed by atoms with van der Waals surface area (Å²) in [6.07, 6.45) is 0.881. The van der Waals surface area contributed by atoms with Gasteiger partial charge in [0.15, 0.2) is 11.6 Å². The Hall–Kier alpha value is -2.05. The Morgan fingerprint density at radius 1 is 1.36 bits per heavy atom. The molecule has 1 N–H and O–H groups in total. The molecule has 0 saturated carbocycles. The molecule has 2 rings (SSSR count). The second-order valence-corrected chi connectivity index (χ2v) is 4.95. The lowest BCUT2D eigenvalue weighted by Crippen LogP contribution is -2.32. The predicted molar refractivity (Wildman–Crippen MR) is 80.6 cm³/mol. The normalized spacial score (nSPS) is 12.2. The van der Waals surface area contributed by atoms with Crippen molar-refractivity contribution in [2.24, 2.45) is 0 Å². The highest BCUT2D eigenvalue weighted by Gasteiger charge is 2.12. The van der Waals surface area contributed by atoms with E-state index in [9.17, 15) is 9.50 Å². The molecule has 120 valence electrons. The van der Waals surface area contributed by atoms with E-state index in [1.54, 1.807) is 42.5 Å². The average Bonchev–Trinajstić information content (AvgIpc) is 3.00. The van der Waals surface area contributed by atoms with Gasteiger partial charge in [0.2, 0.25) is 0 Å². The number of hydrogen-bond donors (Lipinski definition) is 1. The van der Waals surface area contributed by atoms with Gasteiger partial charge >= 0.3 is 0 Å². The largest absolute Gasteiger partial charge is 0.494 e. The average molecular weight is 309 g/mol. The summed E-state index contributed by atoms with van der Waals surface area (Å²) in [5.74, 6) is 0.465. The Balaban J connectivity index is 1.80. The molecule has 0 saturated heterocycles. The molecule has 0 amide bonds. The van der Waals surface area contributed by atoms with Crippen molar-refractivity contribution in [2.45, 2.75) is 12.7 Å². The molecule has 0 aliphatic carbocycles. The first kappa shape index (κ1) is 16.3. The van der Waals surface area contributed by atoms with Crippen LogP contribution in [0, 0.1) is 5.82 Å². The molecule has 0 fully saturated rings. The van der Waals surface area contributed by atoms with E-state index in [1.165, 1.54) is 13.2 Å². The van der Waals surface area contributed by atoms with Crippen LogP contribution < -0.4 is 9.64 Å². The zero-order chi connectivity index (χ0) is 15.9. The number of rotatable bonds is 8. The van der Waals surface area contributed by atoms with Crippen LogP contribution in [0.15, 0.2) is 41.0 Å². The molecule has 0 aliphatic heterocycles. The van der Waals surface area contributed by atoms with Crippen LogP contribution in [0.2, 0.25) is 0 Å². The molecule has 0 spiro atoms. The fraction of sp³-hybridized carbons (Fsp3) is 0.375. The van der Waals surface area contributed by atoms with Crippen molar-refractivity contribution in [1.29, 1.82) is 0 Å². The number of furan rings is 1. The van der Waals surface area contributed by atoms with Crippen LogP contribution in [0.1, 0.15) is 5.76 Å². The number of nitrogens with zero attached hydrogens (tertiary/aromatic N) is 1. The van der Waals surface area contributed by atoms with Gasteiger partial charge < -0.3 is 23.9 Å². The summed E-state index contributed by atoms with van der Waals surface area (Å²) in [7, 11) is 3.19. The summed E-state index contributed by atoms with van der Waals surface area (Å²) in [6, 6.07) is 8.24. The molecular formula is C16H20FNO4. The molecule has 1 unspecified atom stereocenters. The maximum atomic E-state index is 13.7. The predicted octanol–water partition coefficient (Wildman–Crippen LogP) is 2.44. The highest BCUT2D eigenvalue weighted by molar-refractivity contribution is 5.49. The number of anilines is 1. The van der Waals surface area contributed by atoms with E-state index >= 15 is 0 Å². The number of likely N-dealkylation sites (N-methyl/N-ethyl adjacent to an activating group) is 1. The van der Waals surface area contributed by atoms with Crippen molar-refractivity contribution in [1.82, 2.24) is 0 Å². The first-order chi connectivity index (χ1) is 10.6. The summed E-state index contributed by atoms with van der Waals surface area (Å²) < 4.78 is 29.0. The van der Waals surface area contributed by atoms with E-state index in [0.29, 0.717) is 24.6 Å². The van der Waals surface area contributed by atoms with Gasteiger partial charge in [-0.2, -0.15) is 0 Å². The zero-order valence-electron chi connectivity index (χ0n) is 12.7. The number of halogens is 1. The molecular weight excluding hydrogens is 289 g/mol. The summed E-state index contributed by atoms with van der Waals surface area (Å²) in [5, 5.41) is 9.96. The topological polar surface area (TPSA) is 55.1 Å². The molecule has 1 atom stereocenters. The Kier molecular flexibility index (Phi) is 5.80. The standard InChI is InChI=1S/C16H20FNO4/c1-18(12-5-6-16(20-2)15(17)8-12)9-13(19)10-21-11-14-4-3-7-22-14/h3-8,13,19H,9-11H2,1-2H3. The fourth-order valence-electron chi connectivity index (χ4n) is 2.06. The van der Waals surface area contributed by atoms with Gasteiger partial charge in [-0.3, -0.25) is 0 Å². The van der Waals surface area contributed by atoms with Crippen LogP contribution in [0.25, 0.3) is 0 Å². The lowest BCUT2D eigenvalue weighted by molar-refractivity contribution is 0.0260. The Morgan fingerprint density at radius 2 is 2.18 bits per heavy atom. The summed E-state index contributed by atoms with van der Waals surface area (Å²) in [5.41, 5.74) is 0.656. The molecule has 0 bridgehead atoms. The van der Waals surface area contributed by atoms with Gasteiger partial charge in [0.05, 0.1) is 26.1 Å². The Labute approximate surface area is 128 Å². The van der Waals surface area contributed by atoms with Crippen molar-refractivity contribution in [2.75, 3.05) is 32.2 Å². The van der Waals surface area contributed by atoms with E-state index in [-0.39, 0.29) is 12.4 Å². The molecule has 5 nitrogen and oxygen atoms in total. The van der Waals surface area contributed by atoms with E-state index in [0.717, 1.165) is 0 Å². The zero-order valence-corrected chi connectivity index (χ0v) is 12.7. The SMILES string of the molecule is COc1ccc(N(C)CC(O)COCc2ccco2)cc1F. The third kappa shape index (κ3) is 4.47. The van der Waals surface area contributed by atoms with Crippen molar-refractivity contribution in [3.63, 3.8) is 0 Å². The summed E-state index contributed by atoms with van der Waals surface area (Å²) in [4.78, 5) is 1.75. The Bertz CT molecular complexity index is 574. The minimum absolute atomic E-state index is 0.170. The third-order valence-corrected chi connectivity index (χ3v) is 3.20. The molecule has 0 aliphatic rings. The number of aliphatic hydroxyl groups excluding tert-OH is 1. The number of benzene rings is 1. The van der Waals surface area contributed by atoms with Crippen molar-refractivity contribution in [3.8, 4) is 5.75 Å². The first-order valence-electron chi connectivity index (χ1n) is 6.93. The van der Waals surface area contributed by atoms with Crippen LogP contribution in [0.4, 0.5) is 10.1 Å². The third-order valence-electron chi connectivity index (χ3n) is 3.20. The number of ether oxygens (including phenoxy) is 2. The highest BCUT2D eigenvalue weighted by Crippen LogP contribution is 2.22. The van der Waals surface area contributed by atoms with E-state index in [1.807, 2.05) is 0 Å². The fourth-order valence-corrected chi connectivity index (χ4v) is 2.06. The molecule has 1 aromatic heterocycles. The van der Waals surface area contributed by atoms with Gasteiger partial charge in [-0.1, -0.05) is 0 Å². The van der Waals surface area contributed by atoms with Crippen molar-refractivity contribution < 1.29 is 23.4 Å². The second kappa shape index (κ2) is 7.82. The number of methoxy groups -OCH3 is 1. The van der Waals surface area contributed by atoms with Crippen LogP contribution in [-0.2, 0) is 11.3 Å². The quantitative estimate of drug-likeness (QED) is 0.812. The first-order valence-corrected chi connectivity index (χ1v) is 6.93. The van der Waals surface area contributed by atoms with Gasteiger partial charge in [-0.25, -0.2) is 4.39 Å². The monoisotopic (exact) mass is 309 g/mol. The van der Waals surface area contributed by atoms with Crippen LogP contribution in [-0.4, -0.2) is 38.5 Å². The van der Waals surface area contributed by atoms with Gasteiger partial charge in [0.1, 0.15) is 12.4 Å². The summed E-state index contributed by atoms with van der Waals surface area (Å²) >= 11 is 0. The molecule has 22 heavy (non-hydrogen) atoms. The van der Waals surface area contributed by atoms with Crippen LogP contribution >= 0.6 is 0 Å². The lowest BCUT2D eigenvalue weighted by Gasteiger charge is -2.23. The second-order valence-electron chi connectivity index (χ2n) is 4.95. The van der Waals surface area contributed by atoms with Gasteiger partial charge in [0.25, 0.3) is 0 Å². The maximum Gasteiger partial charge on any atom is 0.167 e. The van der Waals surface area contributed by atoms with Crippen molar-refractivity contribution in [3.05, 3.63) is 48.2 Å². The molecule has 1 aromatic carbocycles. The van der Waals surface area contributed by atoms with E-state index in [4.69, 9.17) is 13.9 Å². The minimum atomic E-state index is -0.690. The lowest BCUT2D eigenvalue weighted by atomic mass is 10.2. The van der Waals surface area contributed by atoms with E-state index in [2.05, 4.69) is 0 Å².